The monoisotopic (exact) mass is 386 g/mol. The third-order valence-corrected chi connectivity index (χ3v) is 4.64. The summed E-state index contributed by atoms with van der Waals surface area (Å²) in [5.74, 6) is -0.224. The molecular weight excluding hydrogens is 364 g/mol. The lowest BCUT2D eigenvalue weighted by atomic mass is 9.99. The Morgan fingerprint density at radius 1 is 1.00 bits per heavy atom. The fourth-order valence-electron chi connectivity index (χ4n) is 3.13. The van der Waals surface area contributed by atoms with Crippen molar-refractivity contribution in [1.82, 2.24) is 5.32 Å². The Labute approximate surface area is 169 Å². The van der Waals surface area contributed by atoms with E-state index in [0.29, 0.717) is 11.1 Å². The highest BCUT2D eigenvalue weighted by Gasteiger charge is 2.18. The number of nitro groups is 1. The summed E-state index contributed by atoms with van der Waals surface area (Å²) in [6.45, 7) is 2.02. The second kappa shape index (κ2) is 9.46. The Balaban J connectivity index is 1.97. The molecule has 0 heterocycles. The number of amides is 1. The zero-order valence-electron chi connectivity index (χ0n) is 16.1. The molecule has 3 rings (SSSR count). The van der Waals surface area contributed by atoms with Gasteiger partial charge < -0.3 is 5.32 Å². The van der Waals surface area contributed by atoms with E-state index in [1.165, 1.54) is 12.1 Å². The van der Waals surface area contributed by atoms with Gasteiger partial charge in [-0.1, -0.05) is 79.7 Å². The number of carbonyl (C=O) groups is 1. The van der Waals surface area contributed by atoms with Crippen LogP contribution in [0.25, 0.3) is 11.6 Å². The van der Waals surface area contributed by atoms with Crippen molar-refractivity contribution < 1.29 is 9.72 Å². The van der Waals surface area contributed by atoms with E-state index < -0.39 is 4.92 Å². The summed E-state index contributed by atoms with van der Waals surface area (Å²) >= 11 is 0. The smallest absolute Gasteiger partial charge is 0.270 e. The number of hydrogen-bond donors (Lipinski definition) is 1. The summed E-state index contributed by atoms with van der Waals surface area (Å²) in [6.07, 6.45) is 2.43. The van der Waals surface area contributed by atoms with Gasteiger partial charge in [-0.05, 0) is 29.2 Å². The number of rotatable bonds is 7. The first-order chi connectivity index (χ1) is 14.1. The molecular formula is C24H22N2O3. The zero-order chi connectivity index (χ0) is 20.6. The van der Waals surface area contributed by atoms with Crippen LogP contribution in [0.2, 0.25) is 0 Å². The lowest BCUT2D eigenvalue weighted by molar-refractivity contribution is -0.384. The number of benzene rings is 3. The van der Waals surface area contributed by atoms with Crippen LogP contribution in [0.1, 0.15) is 36.1 Å². The molecule has 0 aromatic heterocycles. The number of nitrogens with zero attached hydrogens (tertiary/aromatic N) is 1. The Morgan fingerprint density at radius 3 is 2.28 bits per heavy atom. The van der Waals surface area contributed by atoms with Gasteiger partial charge in [0, 0.05) is 17.7 Å². The quantitative estimate of drug-likeness (QED) is 0.256. The van der Waals surface area contributed by atoms with Crippen molar-refractivity contribution in [2.24, 2.45) is 0 Å². The highest BCUT2D eigenvalue weighted by Crippen LogP contribution is 2.23. The predicted octanol–water partition coefficient (Wildman–Crippen LogP) is 5.40. The molecule has 0 aliphatic carbocycles. The molecule has 0 saturated carbocycles. The Morgan fingerprint density at radius 2 is 1.66 bits per heavy atom. The largest absolute Gasteiger partial charge is 0.345 e. The van der Waals surface area contributed by atoms with Crippen molar-refractivity contribution in [3.8, 4) is 0 Å². The molecule has 0 aliphatic heterocycles. The Hall–Kier alpha value is -3.73. The predicted molar refractivity (Wildman–Crippen MR) is 115 cm³/mol. The van der Waals surface area contributed by atoms with Crippen LogP contribution in [0.5, 0.6) is 0 Å². The van der Waals surface area contributed by atoms with E-state index in [-0.39, 0.29) is 17.6 Å². The summed E-state index contributed by atoms with van der Waals surface area (Å²) in [7, 11) is 0. The molecule has 0 fully saturated rings. The number of hydrogen-bond acceptors (Lipinski definition) is 3. The van der Waals surface area contributed by atoms with Crippen molar-refractivity contribution in [1.29, 1.82) is 0 Å². The van der Waals surface area contributed by atoms with Crippen LogP contribution in [-0.4, -0.2) is 10.8 Å². The lowest BCUT2D eigenvalue weighted by Crippen LogP contribution is -2.28. The molecule has 0 aliphatic rings. The summed E-state index contributed by atoms with van der Waals surface area (Å²) < 4.78 is 0. The summed E-state index contributed by atoms with van der Waals surface area (Å²) in [4.78, 5) is 23.8. The molecule has 146 valence electrons. The Kier molecular flexibility index (Phi) is 6.53. The molecule has 0 unspecified atom stereocenters. The molecule has 1 N–H and O–H groups in total. The van der Waals surface area contributed by atoms with Crippen LogP contribution in [0.4, 0.5) is 5.69 Å². The summed E-state index contributed by atoms with van der Waals surface area (Å²) in [5, 5.41) is 14.2. The van der Waals surface area contributed by atoms with Gasteiger partial charge in [0.2, 0.25) is 0 Å². The summed E-state index contributed by atoms with van der Waals surface area (Å²) in [6, 6.07) is 25.2. The number of nitro benzene ring substituents is 1. The standard InChI is InChI=1S/C24H22N2O3/c1-2-23(20-13-7-4-8-14-20)25-24(27)22(19-11-5-3-6-12-19)17-18-10-9-15-21(16-18)26(28)29/h3-17,23H,2H2,1H3,(H,25,27)/b22-17+/t23-/m1/s1. The van der Waals surface area contributed by atoms with Crippen molar-refractivity contribution in [2.45, 2.75) is 19.4 Å². The van der Waals surface area contributed by atoms with Gasteiger partial charge >= 0.3 is 0 Å². The van der Waals surface area contributed by atoms with Gasteiger partial charge in [-0.2, -0.15) is 0 Å². The minimum absolute atomic E-state index is 0.0118. The molecule has 3 aromatic rings. The van der Waals surface area contributed by atoms with E-state index in [1.54, 1.807) is 18.2 Å². The van der Waals surface area contributed by atoms with E-state index >= 15 is 0 Å². The van der Waals surface area contributed by atoms with Crippen LogP contribution in [0.3, 0.4) is 0 Å². The van der Waals surface area contributed by atoms with E-state index in [0.717, 1.165) is 17.5 Å². The molecule has 5 heteroatoms. The Bertz CT molecular complexity index is 1010. The highest BCUT2D eigenvalue weighted by atomic mass is 16.6. The van der Waals surface area contributed by atoms with Gasteiger partial charge in [0.1, 0.15) is 0 Å². The second-order valence-corrected chi connectivity index (χ2v) is 6.62. The molecule has 0 bridgehead atoms. The zero-order valence-corrected chi connectivity index (χ0v) is 16.1. The van der Waals surface area contributed by atoms with Gasteiger partial charge in [0.15, 0.2) is 0 Å². The summed E-state index contributed by atoms with van der Waals surface area (Å²) in [5.41, 5.74) is 2.83. The van der Waals surface area contributed by atoms with Crippen LogP contribution in [-0.2, 0) is 4.79 Å². The number of non-ortho nitro benzene ring substituents is 1. The van der Waals surface area contributed by atoms with E-state index in [2.05, 4.69) is 5.32 Å². The van der Waals surface area contributed by atoms with Gasteiger partial charge in [0.05, 0.1) is 11.0 Å². The van der Waals surface area contributed by atoms with Crippen LogP contribution >= 0.6 is 0 Å². The topological polar surface area (TPSA) is 72.2 Å². The first-order valence-corrected chi connectivity index (χ1v) is 9.46. The molecule has 0 spiro atoms. The van der Waals surface area contributed by atoms with Crippen molar-refractivity contribution in [3.05, 3.63) is 112 Å². The average molecular weight is 386 g/mol. The lowest BCUT2D eigenvalue weighted by Gasteiger charge is -2.19. The minimum Gasteiger partial charge on any atom is -0.345 e. The van der Waals surface area contributed by atoms with Crippen molar-refractivity contribution in [3.63, 3.8) is 0 Å². The molecule has 3 aromatic carbocycles. The SMILES string of the molecule is CC[C@@H](NC(=O)/C(=C/c1cccc([N+](=O)[O-])c1)c1ccccc1)c1ccccc1. The van der Waals surface area contributed by atoms with Gasteiger partial charge in [-0.15, -0.1) is 0 Å². The molecule has 29 heavy (non-hydrogen) atoms. The molecule has 1 amide bonds. The number of nitrogens with one attached hydrogen (secondary N) is 1. The second-order valence-electron chi connectivity index (χ2n) is 6.62. The maximum atomic E-state index is 13.2. The normalized spacial score (nSPS) is 12.2. The maximum Gasteiger partial charge on any atom is 0.270 e. The fourth-order valence-corrected chi connectivity index (χ4v) is 3.13. The molecule has 0 radical (unpaired) electrons. The third-order valence-electron chi connectivity index (χ3n) is 4.64. The maximum absolute atomic E-state index is 13.2. The van der Waals surface area contributed by atoms with Gasteiger partial charge in [-0.25, -0.2) is 0 Å². The number of carbonyl (C=O) groups excluding carboxylic acids is 1. The first kappa shape index (κ1) is 20.0. The average Bonchev–Trinajstić information content (AvgIpc) is 2.77. The van der Waals surface area contributed by atoms with Gasteiger partial charge in [0.25, 0.3) is 11.6 Å². The van der Waals surface area contributed by atoms with Gasteiger partial charge in [-0.3, -0.25) is 14.9 Å². The molecule has 5 nitrogen and oxygen atoms in total. The third kappa shape index (κ3) is 5.17. The molecule has 1 atom stereocenters. The first-order valence-electron chi connectivity index (χ1n) is 9.46. The van der Waals surface area contributed by atoms with Crippen molar-refractivity contribution in [2.75, 3.05) is 0 Å². The van der Waals surface area contributed by atoms with E-state index in [4.69, 9.17) is 0 Å². The highest BCUT2D eigenvalue weighted by molar-refractivity contribution is 6.24. The van der Waals surface area contributed by atoms with Crippen LogP contribution in [0, 0.1) is 10.1 Å². The minimum atomic E-state index is -0.442. The van der Waals surface area contributed by atoms with Crippen LogP contribution < -0.4 is 5.32 Å². The van der Waals surface area contributed by atoms with E-state index in [1.807, 2.05) is 67.6 Å². The molecule has 0 saturated heterocycles. The fraction of sp³-hybridized carbons (Fsp3) is 0.125. The van der Waals surface area contributed by atoms with E-state index in [9.17, 15) is 14.9 Å². The van der Waals surface area contributed by atoms with Crippen LogP contribution in [0.15, 0.2) is 84.9 Å². The van der Waals surface area contributed by atoms with Crippen molar-refractivity contribution >= 4 is 23.2 Å².